The first-order valence-corrected chi connectivity index (χ1v) is 5.84. The summed E-state index contributed by atoms with van der Waals surface area (Å²) in [5.74, 6) is 0.767. The minimum Gasteiger partial charge on any atom is -0.353 e. The van der Waals surface area contributed by atoms with Crippen molar-refractivity contribution in [1.82, 2.24) is 20.0 Å². The van der Waals surface area contributed by atoms with E-state index >= 15 is 0 Å². The van der Waals surface area contributed by atoms with Crippen LogP contribution in [0.1, 0.15) is 18.0 Å². The van der Waals surface area contributed by atoms with Gasteiger partial charge in [0.15, 0.2) is 5.82 Å². The summed E-state index contributed by atoms with van der Waals surface area (Å²) < 4.78 is 1.97. The van der Waals surface area contributed by atoms with Gasteiger partial charge in [0.05, 0.1) is 17.8 Å². The van der Waals surface area contributed by atoms with E-state index in [9.17, 15) is 0 Å². The lowest BCUT2D eigenvalue weighted by molar-refractivity contribution is 0.494. The molecule has 6 heteroatoms. The molecule has 0 bridgehead atoms. The van der Waals surface area contributed by atoms with Crippen LogP contribution in [0.4, 0.5) is 5.82 Å². The highest BCUT2D eigenvalue weighted by Crippen LogP contribution is 2.24. The minimum atomic E-state index is 0.368. The Labute approximate surface area is 104 Å². The maximum atomic E-state index is 8.86. The van der Waals surface area contributed by atoms with Crippen molar-refractivity contribution in [1.29, 1.82) is 5.26 Å². The fourth-order valence-electron chi connectivity index (χ4n) is 2.23. The van der Waals surface area contributed by atoms with Crippen molar-refractivity contribution in [3.8, 4) is 6.07 Å². The standard InChI is InChI=1S/C12H12N6/c13-7-10-6-12(16-14-8-10)17-5-2-11(9-17)18-4-1-3-15-18/h1,3-4,6,8,11H,2,5,9H2. The van der Waals surface area contributed by atoms with Crippen LogP contribution in [-0.4, -0.2) is 33.1 Å². The summed E-state index contributed by atoms with van der Waals surface area (Å²) in [6.07, 6.45) is 6.27. The first-order chi connectivity index (χ1) is 8.86. The molecule has 0 N–H and O–H groups in total. The molecule has 1 aliphatic heterocycles. The molecule has 1 fully saturated rings. The molecule has 0 amide bonds. The molecule has 0 aliphatic carbocycles. The maximum Gasteiger partial charge on any atom is 0.152 e. The number of anilines is 1. The van der Waals surface area contributed by atoms with Gasteiger partial charge in [-0.05, 0) is 12.5 Å². The van der Waals surface area contributed by atoms with E-state index in [2.05, 4.69) is 26.3 Å². The molecule has 1 saturated heterocycles. The first kappa shape index (κ1) is 10.7. The van der Waals surface area contributed by atoms with Crippen molar-refractivity contribution in [2.75, 3.05) is 18.0 Å². The molecule has 1 atom stereocenters. The molecule has 90 valence electrons. The predicted molar refractivity (Wildman–Crippen MR) is 64.8 cm³/mol. The van der Waals surface area contributed by atoms with Crippen molar-refractivity contribution in [2.45, 2.75) is 12.5 Å². The molecular weight excluding hydrogens is 228 g/mol. The summed E-state index contributed by atoms with van der Waals surface area (Å²) in [6.45, 7) is 1.76. The van der Waals surface area contributed by atoms with E-state index in [0.29, 0.717) is 11.6 Å². The minimum absolute atomic E-state index is 0.368. The van der Waals surface area contributed by atoms with E-state index in [1.807, 2.05) is 16.9 Å². The Balaban J connectivity index is 1.77. The fraction of sp³-hybridized carbons (Fsp3) is 0.333. The molecule has 2 aromatic heterocycles. The average molecular weight is 240 g/mol. The van der Waals surface area contributed by atoms with Crippen LogP contribution in [0.3, 0.4) is 0 Å². The smallest absolute Gasteiger partial charge is 0.152 e. The summed E-state index contributed by atoms with van der Waals surface area (Å²) in [5, 5.41) is 21.0. The Kier molecular flexibility index (Phi) is 2.65. The Bertz CT molecular complexity index is 571. The third-order valence-electron chi connectivity index (χ3n) is 3.16. The van der Waals surface area contributed by atoms with Crippen LogP contribution in [0.5, 0.6) is 0 Å². The zero-order valence-corrected chi connectivity index (χ0v) is 9.77. The van der Waals surface area contributed by atoms with E-state index in [1.54, 1.807) is 12.3 Å². The third-order valence-corrected chi connectivity index (χ3v) is 3.16. The van der Waals surface area contributed by atoms with Gasteiger partial charge in [-0.2, -0.15) is 15.5 Å². The van der Waals surface area contributed by atoms with Crippen molar-refractivity contribution in [3.05, 3.63) is 36.3 Å². The fourth-order valence-corrected chi connectivity index (χ4v) is 2.23. The quantitative estimate of drug-likeness (QED) is 0.783. The summed E-state index contributed by atoms with van der Waals surface area (Å²) in [6, 6.07) is 6.16. The average Bonchev–Trinajstić information content (AvgIpc) is 3.09. The van der Waals surface area contributed by atoms with Gasteiger partial charge in [-0.3, -0.25) is 4.68 Å². The summed E-state index contributed by atoms with van der Waals surface area (Å²) in [4.78, 5) is 2.14. The molecule has 18 heavy (non-hydrogen) atoms. The largest absolute Gasteiger partial charge is 0.353 e. The van der Waals surface area contributed by atoms with Gasteiger partial charge in [-0.25, -0.2) is 0 Å². The normalized spacial score (nSPS) is 18.8. The van der Waals surface area contributed by atoms with Gasteiger partial charge in [0, 0.05) is 31.5 Å². The van der Waals surface area contributed by atoms with Gasteiger partial charge < -0.3 is 4.90 Å². The van der Waals surface area contributed by atoms with Crippen molar-refractivity contribution in [2.24, 2.45) is 0 Å². The van der Waals surface area contributed by atoms with Gasteiger partial charge in [-0.15, -0.1) is 5.10 Å². The molecule has 3 heterocycles. The summed E-state index contributed by atoms with van der Waals surface area (Å²) in [5.41, 5.74) is 0.544. The van der Waals surface area contributed by atoms with E-state index in [4.69, 9.17) is 5.26 Å². The maximum absolute atomic E-state index is 8.86. The van der Waals surface area contributed by atoms with Crippen LogP contribution in [0, 0.1) is 11.3 Å². The second-order valence-electron chi connectivity index (χ2n) is 4.29. The van der Waals surface area contributed by atoms with Crippen LogP contribution in [0.25, 0.3) is 0 Å². The van der Waals surface area contributed by atoms with E-state index in [0.717, 1.165) is 25.3 Å². The van der Waals surface area contributed by atoms with Gasteiger partial charge in [0.2, 0.25) is 0 Å². The van der Waals surface area contributed by atoms with Gasteiger partial charge >= 0.3 is 0 Å². The SMILES string of the molecule is N#Cc1cnnc(N2CCC(n3cccn3)C2)c1. The molecule has 0 radical (unpaired) electrons. The lowest BCUT2D eigenvalue weighted by Crippen LogP contribution is -2.22. The highest BCUT2D eigenvalue weighted by molar-refractivity contribution is 5.44. The lowest BCUT2D eigenvalue weighted by Gasteiger charge is -2.16. The molecule has 3 rings (SSSR count). The van der Waals surface area contributed by atoms with Crippen LogP contribution in [0.15, 0.2) is 30.7 Å². The predicted octanol–water partition coefficient (Wildman–Crippen LogP) is 0.996. The number of nitrogens with zero attached hydrogens (tertiary/aromatic N) is 6. The zero-order chi connectivity index (χ0) is 12.4. The Hall–Kier alpha value is -2.42. The van der Waals surface area contributed by atoms with Crippen molar-refractivity contribution in [3.63, 3.8) is 0 Å². The van der Waals surface area contributed by atoms with Gasteiger partial charge in [0.1, 0.15) is 6.07 Å². The van der Waals surface area contributed by atoms with E-state index in [1.165, 1.54) is 6.20 Å². The lowest BCUT2D eigenvalue weighted by atomic mass is 10.3. The molecule has 0 spiro atoms. The topological polar surface area (TPSA) is 70.6 Å². The number of hydrogen-bond acceptors (Lipinski definition) is 5. The Morgan fingerprint density at radius 3 is 3.17 bits per heavy atom. The van der Waals surface area contributed by atoms with Gasteiger partial charge in [0.25, 0.3) is 0 Å². The second kappa shape index (κ2) is 4.45. The van der Waals surface area contributed by atoms with Crippen molar-refractivity contribution < 1.29 is 0 Å². The Morgan fingerprint density at radius 1 is 1.44 bits per heavy atom. The number of rotatable bonds is 2. The summed E-state index contributed by atoms with van der Waals surface area (Å²) >= 11 is 0. The Morgan fingerprint density at radius 2 is 2.39 bits per heavy atom. The number of aromatic nitrogens is 4. The van der Waals surface area contributed by atoms with Crippen LogP contribution in [0.2, 0.25) is 0 Å². The molecule has 1 aliphatic rings. The highest BCUT2D eigenvalue weighted by atomic mass is 15.3. The highest BCUT2D eigenvalue weighted by Gasteiger charge is 2.25. The van der Waals surface area contributed by atoms with Crippen LogP contribution in [-0.2, 0) is 0 Å². The summed E-state index contributed by atoms with van der Waals surface area (Å²) in [7, 11) is 0. The first-order valence-electron chi connectivity index (χ1n) is 5.84. The molecule has 2 aromatic rings. The van der Waals surface area contributed by atoms with E-state index < -0.39 is 0 Å². The number of nitriles is 1. The van der Waals surface area contributed by atoms with E-state index in [-0.39, 0.29) is 0 Å². The van der Waals surface area contributed by atoms with Crippen molar-refractivity contribution >= 4 is 5.82 Å². The molecule has 6 nitrogen and oxygen atoms in total. The number of hydrogen-bond donors (Lipinski definition) is 0. The molecule has 1 unspecified atom stereocenters. The van der Waals surface area contributed by atoms with Crippen LogP contribution < -0.4 is 4.90 Å². The molecular formula is C12H12N6. The molecule has 0 saturated carbocycles. The van der Waals surface area contributed by atoms with Crippen LogP contribution >= 0.6 is 0 Å². The second-order valence-corrected chi connectivity index (χ2v) is 4.29. The monoisotopic (exact) mass is 240 g/mol. The zero-order valence-electron chi connectivity index (χ0n) is 9.77. The third kappa shape index (κ3) is 1.91. The molecule has 0 aromatic carbocycles. The van der Waals surface area contributed by atoms with Gasteiger partial charge in [-0.1, -0.05) is 0 Å².